The van der Waals surface area contributed by atoms with Crippen LogP contribution in [-0.2, 0) is 10.0 Å². The Balaban J connectivity index is 1.61. The average Bonchev–Trinajstić information content (AvgIpc) is 3.20. The van der Waals surface area contributed by atoms with Gasteiger partial charge in [0.2, 0.25) is 10.0 Å². The molecular weight excluding hydrogens is 362 g/mol. The predicted octanol–water partition coefficient (Wildman–Crippen LogP) is 2.18. The van der Waals surface area contributed by atoms with Crippen molar-refractivity contribution < 1.29 is 13.2 Å². The van der Waals surface area contributed by atoms with E-state index in [1.807, 2.05) is 4.90 Å². The zero-order valence-electron chi connectivity index (χ0n) is 15.9. The van der Waals surface area contributed by atoms with Crippen molar-refractivity contribution >= 4 is 15.9 Å². The fourth-order valence-electron chi connectivity index (χ4n) is 4.81. The third-order valence-corrected chi connectivity index (χ3v) is 7.95. The van der Waals surface area contributed by atoms with Gasteiger partial charge in [-0.25, -0.2) is 13.1 Å². The minimum absolute atomic E-state index is 0.0151. The van der Waals surface area contributed by atoms with Crippen LogP contribution in [0.3, 0.4) is 0 Å². The van der Waals surface area contributed by atoms with Crippen molar-refractivity contribution in [1.29, 1.82) is 0 Å². The van der Waals surface area contributed by atoms with Crippen molar-refractivity contribution in [2.75, 3.05) is 13.1 Å². The van der Waals surface area contributed by atoms with E-state index in [0.29, 0.717) is 11.1 Å². The van der Waals surface area contributed by atoms with Crippen LogP contribution in [0.5, 0.6) is 0 Å². The van der Waals surface area contributed by atoms with E-state index in [4.69, 9.17) is 0 Å². The van der Waals surface area contributed by atoms with Gasteiger partial charge in [-0.2, -0.15) is 0 Å². The maximum atomic E-state index is 13.2. The number of hydrogen-bond acceptors (Lipinski definition) is 4. The lowest BCUT2D eigenvalue weighted by atomic mass is 10.1. The number of fused-ring (bicyclic) bond motifs is 2. The standard InChI is InChI=1S/C20H29N3O3S/c1-14-6-7-15(12-19(14)27(25,26)22-16-4-2-3-5-16)20(24)23-17-8-9-18(23)13-21-11-10-17/h6-7,12,16-18,21-22H,2-5,8-11,13H2,1H3. The molecule has 3 fully saturated rings. The fraction of sp³-hybridized carbons (Fsp3) is 0.650. The lowest BCUT2D eigenvalue weighted by Gasteiger charge is -2.28. The second-order valence-electron chi connectivity index (χ2n) is 8.17. The molecule has 4 rings (SSSR count). The molecule has 0 radical (unpaired) electrons. The Morgan fingerprint density at radius 3 is 2.63 bits per heavy atom. The van der Waals surface area contributed by atoms with Crippen molar-refractivity contribution in [3.63, 3.8) is 0 Å². The molecule has 2 N–H and O–H groups in total. The summed E-state index contributed by atoms with van der Waals surface area (Å²) in [4.78, 5) is 15.5. The minimum atomic E-state index is -3.61. The van der Waals surface area contributed by atoms with Crippen LogP contribution in [0.4, 0.5) is 0 Å². The third-order valence-electron chi connectivity index (χ3n) is 6.29. The molecule has 2 atom stereocenters. The minimum Gasteiger partial charge on any atom is -0.331 e. The van der Waals surface area contributed by atoms with Crippen molar-refractivity contribution in [1.82, 2.24) is 14.9 Å². The van der Waals surface area contributed by atoms with Gasteiger partial charge in [0.05, 0.1) is 4.90 Å². The molecule has 6 nitrogen and oxygen atoms in total. The molecule has 1 saturated carbocycles. The zero-order valence-corrected chi connectivity index (χ0v) is 16.7. The number of aryl methyl sites for hydroxylation is 1. The largest absolute Gasteiger partial charge is 0.331 e. The van der Waals surface area contributed by atoms with E-state index in [1.165, 1.54) is 0 Å². The van der Waals surface area contributed by atoms with Crippen LogP contribution < -0.4 is 10.0 Å². The summed E-state index contributed by atoms with van der Waals surface area (Å²) in [5.41, 5.74) is 1.16. The van der Waals surface area contributed by atoms with E-state index < -0.39 is 10.0 Å². The van der Waals surface area contributed by atoms with Crippen molar-refractivity contribution in [2.24, 2.45) is 0 Å². The monoisotopic (exact) mass is 391 g/mol. The summed E-state index contributed by atoms with van der Waals surface area (Å²) in [6.45, 7) is 3.54. The Labute approximate surface area is 161 Å². The first-order valence-electron chi connectivity index (χ1n) is 10.1. The summed E-state index contributed by atoms with van der Waals surface area (Å²) >= 11 is 0. The van der Waals surface area contributed by atoms with E-state index in [0.717, 1.165) is 58.0 Å². The molecule has 1 aromatic carbocycles. The molecule has 7 heteroatoms. The summed E-state index contributed by atoms with van der Waals surface area (Å²) < 4.78 is 28.7. The Morgan fingerprint density at radius 1 is 1.11 bits per heavy atom. The number of carbonyl (C=O) groups excluding carboxylic acids is 1. The van der Waals surface area contributed by atoms with Gasteiger partial charge < -0.3 is 10.2 Å². The lowest BCUT2D eigenvalue weighted by molar-refractivity contribution is 0.0680. The van der Waals surface area contributed by atoms with Gasteiger partial charge in [0.15, 0.2) is 0 Å². The van der Waals surface area contributed by atoms with Gasteiger partial charge >= 0.3 is 0 Å². The van der Waals surface area contributed by atoms with Crippen molar-refractivity contribution in [3.8, 4) is 0 Å². The van der Waals surface area contributed by atoms with E-state index in [9.17, 15) is 13.2 Å². The highest BCUT2D eigenvalue weighted by Gasteiger charge is 2.38. The van der Waals surface area contributed by atoms with Gasteiger partial charge in [0.1, 0.15) is 0 Å². The number of nitrogens with one attached hydrogen (secondary N) is 2. The maximum Gasteiger partial charge on any atom is 0.254 e. The normalized spacial score (nSPS) is 26.3. The number of carbonyl (C=O) groups is 1. The Morgan fingerprint density at radius 2 is 1.85 bits per heavy atom. The molecule has 0 aromatic heterocycles. The van der Waals surface area contributed by atoms with Crippen LogP contribution in [0.15, 0.2) is 23.1 Å². The molecule has 2 saturated heterocycles. The fourth-order valence-corrected chi connectivity index (χ4v) is 6.39. The van der Waals surface area contributed by atoms with Gasteiger partial charge in [0.25, 0.3) is 5.91 Å². The van der Waals surface area contributed by atoms with E-state index in [2.05, 4.69) is 10.0 Å². The van der Waals surface area contributed by atoms with Crippen LogP contribution in [0.25, 0.3) is 0 Å². The van der Waals surface area contributed by atoms with E-state index in [-0.39, 0.29) is 28.9 Å². The molecule has 27 heavy (non-hydrogen) atoms. The molecule has 2 bridgehead atoms. The van der Waals surface area contributed by atoms with E-state index >= 15 is 0 Å². The van der Waals surface area contributed by atoms with Crippen molar-refractivity contribution in [2.45, 2.75) is 74.9 Å². The van der Waals surface area contributed by atoms with Gasteiger partial charge in [0, 0.05) is 30.2 Å². The average molecular weight is 392 g/mol. The Bertz CT molecular complexity index is 804. The Hall–Kier alpha value is -1.44. The molecule has 2 aliphatic heterocycles. The molecule has 0 spiro atoms. The summed E-state index contributed by atoms with van der Waals surface area (Å²) in [5.74, 6) is -0.0384. The van der Waals surface area contributed by atoms with Crippen LogP contribution >= 0.6 is 0 Å². The lowest BCUT2D eigenvalue weighted by Crippen LogP contribution is -2.42. The molecule has 148 valence electrons. The summed E-state index contributed by atoms with van der Waals surface area (Å²) in [6, 6.07) is 5.59. The molecule has 1 aromatic rings. The van der Waals surface area contributed by atoms with Crippen molar-refractivity contribution in [3.05, 3.63) is 29.3 Å². The predicted molar refractivity (Wildman–Crippen MR) is 104 cm³/mol. The SMILES string of the molecule is Cc1ccc(C(=O)N2C3CCNCC2CC3)cc1S(=O)(=O)NC1CCCC1. The topological polar surface area (TPSA) is 78.5 Å². The molecule has 3 aliphatic rings. The van der Waals surface area contributed by atoms with E-state index in [1.54, 1.807) is 25.1 Å². The first-order valence-corrected chi connectivity index (χ1v) is 11.6. The van der Waals surface area contributed by atoms with Gasteiger partial charge in [-0.05, 0) is 63.3 Å². The highest BCUT2D eigenvalue weighted by atomic mass is 32.2. The number of hydrogen-bond donors (Lipinski definition) is 2. The second kappa shape index (κ2) is 7.53. The van der Waals surface area contributed by atoms with Crippen LogP contribution in [0.2, 0.25) is 0 Å². The molecular formula is C20H29N3O3S. The number of rotatable bonds is 4. The molecule has 2 heterocycles. The molecule has 2 unspecified atom stereocenters. The summed E-state index contributed by atoms with van der Waals surface area (Å²) in [5, 5.41) is 3.40. The Kier molecular flexibility index (Phi) is 5.27. The van der Waals surface area contributed by atoms with Gasteiger partial charge in [-0.1, -0.05) is 18.9 Å². The number of amides is 1. The van der Waals surface area contributed by atoms with Crippen LogP contribution in [0.1, 0.15) is 60.9 Å². The molecule has 1 aliphatic carbocycles. The zero-order chi connectivity index (χ0) is 19.0. The van der Waals surface area contributed by atoms with Gasteiger partial charge in [-0.15, -0.1) is 0 Å². The first kappa shape index (κ1) is 18.9. The second-order valence-corrected chi connectivity index (χ2v) is 9.86. The highest BCUT2D eigenvalue weighted by molar-refractivity contribution is 7.89. The smallest absolute Gasteiger partial charge is 0.254 e. The number of nitrogens with zero attached hydrogens (tertiary/aromatic N) is 1. The number of sulfonamides is 1. The quantitative estimate of drug-likeness (QED) is 0.825. The first-order chi connectivity index (χ1) is 13.0. The summed E-state index contributed by atoms with van der Waals surface area (Å²) in [6.07, 6.45) is 6.93. The highest BCUT2D eigenvalue weighted by Crippen LogP contribution is 2.30. The van der Waals surface area contributed by atoms with Crippen LogP contribution in [-0.4, -0.2) is 50.4 Å². The summed E-state index contributed by atoms with van der Waals surface area (Å²) in [7, 11) is -3.61. The maximum absolute atomic E-state index is 13.2. The van der Waals surface area contributed by atoms with Gasteiger partial charge in [-0.3, -0.25) is 4.79 Å². The van der Waals surface area contributed by atoms with Crippen LogP contribution in [0, 0.1) is 6.92 Å². The third kappa shape index (κ3) is 3.77. The number of benzene rings is 1. The molecule has 1 amide bonds.